The summed E-state index contributed by atoms with van der Waals surface area (Å²) >= 11 is 3.45. The van der Waals surface area contributed by atoms with E-state index in [0.717, 1.165) is 32.4 Å². The third-order valence-corrected chi connectivity index (χ3v) is 5.76. The summed E-state index contributed by atoms with van der Waals surface area (Å²) in [6.07, 6.45) is 0. The van der Waals surface area contributed by atoms with Gasteiger partial charge in [0.2, 0.25) is 0 Å². The smallest absolute Gasteiger partial charge is 0.282 e. The van der Waals surface area contributed by atoms with E-state index in [1.165, 1.54) is 4.90 Å². The van der Waals surface area contributed by atoms with Crippen molar-refractivity contribution in [2.75, 3.05) is 10.2 Å². The molecule has 4 rings (SSSR count). The van der Waals surface area contributed by atoms with Crippen LogP contribution in [0.5, 0.6) is 0 Å². The Hall–Kier alpha value is -3.18. The Morgan fingerprint density at radius 2 is 1.53 bits per heavy atom. The fourth-order valence-electron chi connectivity index (χ4n) is 3.45. The molecule has 5 heteroatoms. The summed E-state index contributed by atoms with van der Waals surface area (Å²) in [5.74, 6) is -0.693. The van der Waals surface area contributed by atoms with Crippen LogP contribution in [0.25, 0.3) is 5.57 Å². The number of rotatable bonds is 4. The van der Waals surface area contributed by atoms with Gasteiger partial charge in [0.1, 0.15) is 5.70 Å². The van der Waals surface area contributed by atoms with Crippen LogP contribution in [0.3, 0.4) is 0 Å². The zero-order chi connectivity index (χ0) is 21.4. The van der Waals surface area contributed by atoms with Crippen LogP contribution >= 0.6 is 15.9 Å². The molecule has 0 spiro atoms. The van der Waals surface area contributed by atoms with E-state index in [9.17, 15) is 9.59 Å². The number of carbonyl (C=O) groups is 2. The highest BCUT2D eigenvalue weighted by atomic mass is 79.9. The summed E-state index contributed by atoms with van der Waals surface area (Å²) in [5, 5.41) is 3.19. The van der Waals surface area contributed by atoms with Crippen LogP contribution < -0.4 is 10.2 Å². The molecule has 0 atom stereocenters. The first-order valence-corrected chi connectivity index (χ1v) is 10.4. The number of halogens is 1. The molecule has 0 saturated carbocycles. The highest BCUT2D eigenvalue weighted by molar-refractivity contribution is 9.10. The molecule has 0 fully saturated rings. The van der Waals surface area contributed by atoms with Crippen LogP contribution in [0.1, 0.15) is 22.3 Å². The number of imide groups is 1. The van der Waals surface area contributed by atoms with Crippen molar-refractivity contribution >= 4 is 44.7 Å². The molecule has 4 nitrogen and oxygen atoms in total. The van der Waals surface area contributed by atoms with Gasteiger partial charge < -0.3 is 5.32 Å². The summed E-state index contributed by atoms with van der Waals surface area (Å²) in [7, 11) is 0. The van der Waals surface area contributed by atoms with E-state index in [4.69, 9.17) is 0 Å². The number of anilines is 2. The van der Waals surface area contributed by atoms with Gasteiger partial charge in [0.15, 0.2) is 0 Å². The molecular weight excluding hydrogens is 440 g/mol. The second-order valence-corrected chi connectivity index (χ2v) is 8.38. The number of nitrogens with one attached hydrogen (secondary N) is 1. The molecule has 0 radical (unpaired) electrons. The van der Waals surface area contributed by atoms with E-state index in [0.29, 0.717) is 11.3 Å². The first kappa shape index (κ1) is 20.1. The van der Waals surface area contributed by atoms with E-state index in [2.05, 4.69) is 21.2 Å². The molecule has 0 bridgehead atoms. The van der Waals surface area contributed by atoms with Crippen molar-refractivity contribution in [2.24, 2.45) is 0 Å². The minimum atomic E-state index is -0.364. The van der Waals surface area contributed by atoms with Crippen LogP contribution in [0, 0.1) is 20.8 Å². The van der Waals surface area contributed by atoms with E-state index in [1.54, 1.807) is 12.1 Å². The van der Waals surface area contributed by atoms with Crippen molar-refractivity contribution < 1.29 is 9.59 Å². The predicted molar refractivity (Wildman–Crippen MR) is 124 cm³/mol. The van der Waals surface area contributed by atoms with E-state index in [1.807, 2.05) is 75.4 Å². The maximum Gasteiger partial charge on any atom is 0.282 e. The van der Waals surface area contributed by atoms with Gasteiger partial charge in [-0.2, -0.15) is 0 Å². The molecule has 0 aromatic heterocycles. The lowest BCUT2D eigenvalue weighted by Gasteiger charge is -2.15. The molecule has 3 aromatic carbocycles. The van der Waals surface area contributed by atoms with Gasteiger partial charge in [0.05, 0.1) is 11.3 Å². The van der Waals surface area contributed by atoms with Gasteiger partial charge in [-0.1, -0.05) is 57.9 Å². The molecule has 0 unspecified atom stereocenters. The number of aryl methyl sites for hydroxylation is 3. The number of benzene rings is 3. The van der Waals surface area contributed by atoms with Crippen molar-refractivity contribution in [1.82, 2.24) is 0 Å². The number of hydrogen-bond acceptors (Lipinski definition) is 3. The average Bonchev–Trinajstić information content (AvgIpc) is 2.95. The molecule has 1 aliphatic heterocycles. The molecule has 0 aliphatic carbocycles. The van der Waals surface area contributed by atoms with Crippen LogP contribution in [-0.2, 0) is 9.59 Å². The lowest BCUT2D eigenvalue weighted by atomic mass is 9.99. The van der Waals surface area contributed by atoms with Crippen molar-refractivity contribution in [3.63, 3.8) is 0 Å². The monoisotopic (exact) mass is 460 g/mol. The highest BCUT2D eigenvalue weighted by Crippen LogP contribution is 2.34. The van der Waals surface area contributed by atoms with Gasteiger partial charge in [0.25, 0.3) is 11.8 Å². The van der Waals surface area contributed by atoms with E-state index < -0.39 is 0 Å². The molecule has 1 aliphatic rings. The maximum absolute atomic E-state index is 13.5. The molecular formula is C25H21BrN2O2. The Morgan fingerprint density at radius 1 is 0.800 bits per heavy atom. The Bertz CT molecular complexity index is 1200. The average molecular weight is 461 g/mol. The lowest BCUT2D eigenvalue weighted by molar-refractivity contribution is -0.120. The van der Waals surface area contributed by atoms with Crippen molar-refractivity contribution in [3.8, 4) is 0 Å². The van der Waals surface area contributed by atoms with Crippen LogP contribution in [0.4, 0.5) is 11.4 Å². The van der Waals surface area contributed by atoms with Gasteiger partial charge in [-0.15, -0.1) is 0 Å². The SMILES string of the molecule is Cc1ccc(N2C(=O)C(Nc3cccc(Br)c3)=C(c3ccc(C)c(C)c3)C2=O)cc1. The van der Waals surface area contributed by atoms with Crippen molar-refractivity contribution in [1.29, 1.82) is 0 Å². The van der Waals surface area contributed by atoms with Crippen LogP contribution in [0.15, 0.2) is 76.9 Å². The standard InChI is InChI=1S/C25H21BrN2O2/c1-15-7-11-21(12-8-15)28-24(29)22(18-10-9-16(2)17(3)13-18)23(25(28)30)27-20-6-4-5-19(26)14-20/h4-14,27H,1-3H3. The van der Waals surface area contributed by atoms with E-state index in [-0.39, 0.29) is 17.5 Å². The topological polar surface area (TPSA) is 49.4 Å². The zero-order valence-corrected chi connectivity index (χ0v) is 18.6. The fraction of sp³-hybridized carbons (Fsp3) is 0.120. The molecule has 3 aromatic rings. The minimum Gasteiger partial charge on any atom is -0.350 e. The third-order valence-electron chi connectivity index (χ3n) is 5.27. The normalized spacial score (nSPS) is 13.9. The predicted octanol–water partition coefficient (Wildman–Crippen LogP) is 5.77. The van der Waals surface area contributed by atoms with Crippen LogP contribution in [-0.4, -0.2) is 11.8 Å². The minimum absolute atomic E-state index is 0.280. The van der Waals surface area contributed by atoms with Gasteiger partial charge >= 0.3 is 0 Å². The van der Waals surface area contributed by atoms with Crippen molar-refractivity contribution in [3.05, 3.63) is 99.2 Å². The quantitative estimate of drug-likeness (QED) is 0.502. The molecule has 0 saturated heterocycles. The van der Waals surface area contributed by atoms with Gasteiger partial charge in [-0.25, -0.2) is 4.90 Å². The maximum atomic E-state index is 13.5. The number of nitrogens with zero attached hydrogens (tertiary/aromatic N) is 1. The lowest BCUT2D eigenvalue weighted by Crippen LogP contribution is -2.32. The Morgan fingerprint density at radius 3 is 2.20 bits per heavy atom. The Balaban J connectivity index is 1.84. The molecule has 2 amide bonds. The zero-order valence-electron chi connectivity index (χ0n) is 17.0. The molecule has 150 valence electrons. The fourth-order valence-corrected chi connectivity index (χ4v) is 3.85. The number of hydrogen-bond donors (Lipinski definition) is 1. The van der Waals surface area contributed by atoms with Crippen molar-refractivity contribution in [2.45, 2.75) is 20.8 Å². The Labute approximate surface area is 184 Å². The second kappa shape index (κ2) is 7.92. The third kappa shape index (κ3) is 3.68. The summed E-state index contributed by atoms with van der Waals surface area (Å²) in [4.78, 5) is 28.1. The molecule has 1 heterocycles. The Kier molecular flexibility index (Phi) is 5.31. The summed E-state index contributed by atoms with van der Waals surface area (Å²) in [5.41, 5.74) is 5.93. The first-order chi connectivity index (χ1) is 14.3. The van der Waals surface area contributed by atoms with Gasteiger partial charge in [0, 0.05) is 10.2 Å². The second-order valence-electron chi connectivity index (χ2n) is 7.47. The van der Waals surface area contributed by atoms with Crippen LogP contribution in [0.2, 0.25) is 0 Å². The molecule has 30 heavy (non-hydrogen) atoms. The highest BCUT2D eigenvalue weighted by Gasteiger charge is 2.40. The number of carbonyl (C=O) groups excluding carboxylic acids is 2. The van der Waals surface area contributed by atoms with Gasteiger partial charge in [-0.3, -0.25) is 9.59 Å². The summed E-state index contributed by atoms with van der Waals surface area (Å²) in [6, 6.07) is 20.7. The molecule has 1 N–H and O–H groups in total. The summed E-state index contributed by atoms with van der Waals surface area (Å²) < 4.78 is 0.882. The van der Waals surface area contributed by atoms with Gasteiger partial charge in [-0.05, 0) is 67.8 Å². The summed E-state index contributed by atoms with van der Waals surface area (Å²) in [6.45, 7) is 5.99. The first-order valence-electron chi connectivity index (χ1n) is 9.65. The number of amides is 2. The van der Waals surface area contributed by atoms with E-state index >= 15 is 0 Å². The largest absolute Gasteiger partial charge is 0.350 e.